The zero-order valence-corrected chi connectivity index (χ0v) is 13.4. The van der Waals surface area contributed by atoms with Crippen LogP contribution in [0.1, 0.15) is 23.6 Å². The minimum absolute atomic E-state index is 0.643. The second kappa shape index (κ2) is 6.88. The highest BCUT2D eigenvalue weighted by molar-refractivity contribution is 7.56. The topological polar surface area (TPSA) is 18.5 Å². The van der Waals surface area contributed by atoms with Gasteiger partial charge in [-0.25, -0.2) is 0 Å². The van der Waals surface area contributed by atoms with Gasteiger partial charge in [0.05, 0.1) is 6.61 Å². The predicted octanol–water partition coefficient (Wildman–Crippen LogP) is 4.66. The van der Waals surface area contributed by atoms with Gasteiger partial charge in [-0.05, 0) is 51.0 Å². The quantitative estimate of drug-likeness (QED) is 0.745. The molecule has 0 amide bonds. The molecule has 0 spiro atoms. The lowest BCUT2D eigenvalue weighted by molar-refractivity contribution is 0.340. The lowest BCUT2D eigenvalue weighted by Crippen LogP contribution is -2.08. The molecule has 0 N–H and O–H groups in total. The molecule has 0 aliphatic heterocycles. The summed E-state index contributed by atoms with van der Waals surface area (Å²) in [6, 6.07) is 14.4. The van der Waals surface area contributed by atoms with E-state index in [0.717, 1.165) is 22.2 Å². The Morgan fingerprint density at radius 2 is 1.55 bits per heavy atom. The molecule has 0 fully saturated rings. The third-order valence-corrected chi connectivity index (χ3v) is 4.55. The van der Waals surface area contributed by atoms with Crippen molar-refractivity contribution in [2.75, 3.05) is 6.61 Å². The van der Waals surface area contributed by atoms with Gasteiger partial charge in [-0.3, -0.25) is 0 Å². The molecule has 0 aliphatic rings. The smallest absolute Gasteiger partial charge is 0.265 e. The van der Waals surface area contributed by atoms with E-state index in [-0.39, 0.29) is 0 Å². The first-order chi connectivity index (χ1) is 9.61. The molecule has 2 rings (SSSR count). The van der Waals surface area contributed by atoms with Crippen LogP contribution >= 0.6 is 8.38 Å². The molecule has 2 nitrogen and oxygen atoms in total. The standard InChI is InChI=1S/C17H21O2P/c1-5-18-20(16-9-7-6-8-10-16)19-17-14(3)11-13(2)12-15(17)4/h6-12H,5H2,1-4H3. The van der Waals surface area contributed by atoms with Crippen LogP contribution in [0.25, 0.3) is 0 Å². The van der Waals surface area contributed by atoms with Crippen molar-refractivity contribution in [2.45, 2.75) is 27.7 Å². The largest absolute Gasteiger partial charge is 0.443 e. The Hall–Kier alpha value is -1.37. The SMILES string of the molecule is CCOP(Oc1c(C)cc(C)cc1C)c1ccccc1. The zero-order chi connectivity index (χ0) is 14.5. The lowest BCUT2D eigenvalue weighted by atomic mass is 10.1. The Labute approximate surface area is 122 Å². The first-order valence-corrected chi connectivity index (χ1v) is 8.03. The molecule has 0 heterocycles. The van der Waals surface area contributed by atoms with Crippen LogP contribution in [0.15, 0.2) is 42.5 Å². The van der Waals surface area contributed by atoms with Crippen molar-refractivity contribution in [2.24, 2.45) is 0 Å². The number of rotatable bonds is 5. The molecule has 2 aromatic rings. The van der Waals surface area contributed by atoms with E-state index in [2.05, 4.69) is 45.0 Å². The summed E-state index contributed by atoms with van der Waals surface area (Å²) >= 11 is 0. The number of benzene rings is 2. The normalized spacial score (nSPS) is 12.2. The Balaban J connectivity index is 2.30. The minimum atomic E-state index is -1.07. The highest BCUT2D eigenvalue weighted by atomic mass is 31.2. The van der Waals surface area contributed by atoms with E-state index < -0.39 is 8.38 Å². The molecular formula is C17H21O2P. The van der Waals surface area contributed by atoms with Crippen LogP contribution in [-0.2, 0) is 4.52 Å². The van der Waals surface area contributed by atoms with Crippen molar-refractivity contribution < 1.29 is 9.05 Å². The Kier molecular flexibility index (Phi) is 5.17. The fourth-order valence-corrected chi connectivity index (χ4v) is 3.63. The number of aryl methyl sites for hydroxylation is 3. The van der Waals surface area contributed by atoms with Gasteiger partial charge in [0.15, 0.2) is 0 Å². The maximum Gasteiger partial charge on any atom is 0.265 e. The van der Waals surface area contributed by atoms with Gasteiger partial charge in [0.2, 0.25) is 0 Å². The van der Waals surface area contributed by atoms with Crippen LogP contribution in [0.5, 0.6) is 5.75 Å². The van der Waals surface area contributed by atoms with Gasteiger partial charge < -0.3 is 9.05 Å². The summed E-state index contributed by atoms with van der Waals surface area (Å²) < 4.78 is 12.0. The molecule has 2 aromatic carbocycles. The summed E-state index contributed by atoms with van der Waals surface area (Å²) in [6.45, 7) is 8.91. The summed E-state index contributed by atoms with van der Waals surface area (Å²) in [6.07, 6.45) is 0. The van der Waals surface area contributed by atoms with E-state index in [1.165, 1.54) is 5.56 Å². The van der Waals surface area contributed by atoms with Gasteiger partial charge >= 0.3 is 0 Å². The van der Waals surface area contributed by atoms with Crippen molar-refractivity contribution in [1.82, 2.24) is 0 Å². The average molecular weight is 288 g/mol. The maximum atomic E-state index is 6.20. The second-order valence-electron chi connectivity index (χ2n) is 4.83. The van der Waals surface area contributed by atoms with E-state index >= 15 is 0 Å². The zero-order valence-electron chi connectivity index (χ0n) is 12.5. The molecule has 0 aliphatic carbocycles. The molecule has 0 saturated heterocycles. The summed E-state index contributed by atoms with van der Waals surface area (Å²) in [7, 11) is -1.07. The molecule has 1 unspecified atom stereocenters. The van der Waals surface area contributed by atoms with Crippen LogP contribution in [0.4, 0.5) is 0 Å². The van der Waals surface area contributed by atoms with E-state index in [1.54, 1.807) is 0 Å². The number of hydrogen-bond donors (Lipinski definition) is 0. The van der Waals surface area contributed by atoms with E-state index in [4.69, 9.17) is 9.05 Å². The monoisotopic (exact) mass is 288 g/mol. The van der Waals surface area contributed by atoms with Crippen LogP contribution in [0.2, 0.25) is 0 Å². The Bertz CT molecular complexity index is 543. The van der Waals surface area contributed by atoms with Gasteiger partial charge in [-0.15, -0.1) is 0 Å². The van der Waals surface area contributed by atoms with Crippen molar-refractivity contribution in [1.29, 1.82) is 0 Å². The molecule has 0 saturated carbocycles. The third-order valence-electron chi connectivity index (χ3n) is 2.99. The molecule has 0 bridgehead atoms. The summed E-state index contributed by atoms with van der Waals surface area (Å²) in [5, 5.41) is 1.10. The lowest BCUT2D eigenvalue weighted by Gasteiger charge is -2.20. The van der Waals surface area contributed by atoms with Gasteiger partial charge in [0.1, 0.15) is 5.75 Å². The predicted molar refractivity (Wildman–Crippen MR) is 85.9 cm³/mol. The third kappa shape index (κ3) is 3.59. The van der Waals surface area contributed by atoms with Crippen molar-refractivity contribution in [3.8, 4) is 5.75 Å². The highest BCUT2D eigenvalue weighted by Gasteiger charge is 2.17. The highest BCUT2D eigenvalue weighted by Crippen LogP contribution is 2.41. The van der Waals surface area contributed by atoms with Crippen LogP contribution in [0.3, 0.4) is 0 Å². The van der Waals surface area contributed by atoms with Crippen LogP contribution in [0, 0.1) is 20.8 Å². The Morgan fingerprint density at radius 1 is 0.950 bits per heavy atom. The van der Waals surface area contributed by atoms with E-state index in [1.807, 2.05) is 25.1 Å². The van der Waals surface area contributed by atoms with Crippen molar-refractivity contribution in [3.05, 3.63) is 59.2 Å². The van der Waals surface area contributed by atoms with Crippen LogP contribution < -0.4 is 9.83 Å². The molecule has 1 atom stereocenters. The van der Waals surface area contributed by atoms with Crippen LogP contribution in [-0.4, -0.2) is 6.61 Å². The molecule has 20 heavy (non-hydrogen) atoms. The first kappa shape index (κ1) is 15.0. The first-order valence-electron chi connectivity index (χ1n) is 6.85. The molecule has 3 heteroatoms. The minimum Gasteiger partial charge on any atom is -0.443 e. The van der Waals surface area contributed by atoms with Gasteiger partial charge in [-0.2, -0.15) is 0 Å². The molecule has 106 valence electrons. The summed E-state index contributed by atoms with van der Waals surface area (Å²) in [4.78, 5) is 0. The molecule has 0 radical (unpaired) electrons. The average Bonchev–Trinajstić information content (AvgIpc) is 2.42. The van der Waals surface area contributed by atoms with Gasteiger partial charge in [-0.1, -0.05) is 35.9 Å². The van der Waals surface area contributed by atoms with Gasteiger partial charge in [0, 0.05) is 5.30 Å². The molecular weight excluding hydrogens is 267 g/mol. The van der Waals surface area contributed by atoms with Crippen molar-refractivity contribution >= 4 is 13.7 Å². The molecule has 0 aromatic heterocycles. The Morgan fingerprint density at radius 3 is 2.10 bits per heavy atom. The fourth-order valence-electron chi connectivity index (χ4n) is 2.21. The maximum absolute atomic E-state index is 6.20. The summed E-state index contributed by atoms with van der Waals surface area (Å²) in [5.41, 5.74) is 3.57. The van der Waals surface area contributed by atoms with E-state index in [9.17, 15) is 0 Å². The van der Waals surface area contributed by atoms with E-state index in [0.29, 0.717) is 6.61 Å². The van der Waals surface area contributed by atoms with Crippen molar-refractivity contribution in [3.63, 3.8) is 0 Å². The van der Waals surface area contributed by atoms with Gasteiger partial charge in [0.25, 0.3) is 8.38 Å². The second-order valence-corrected chi connectivity index (χ2v) is 6.30. The summed E-state index contributed by atoms with van der Waals surface area (Å²) in [5.74, 6) is 0.944. The number of hydrogen-bond acceptors (Lipinski definition) is 2. The fraction of sp³-hybridized carbons (Fsp3) is 0.294.